The molecule has 0 bridgehead atoms. The predicted molar refractivity (Wildman–Crippen MR) is 52.0 cm³/mol. The Morgan fingerprint density at radius 3 is 2.44 bits per heavy atom. The maximum absolute atomic E-state index is 12.4. The van der Waals surface area contributed by atoms with Crippen molar-refractivity contribution in [2.45, 2.75) is 11.3 Å². The van der Waals surface area contributed by atoms with Crippen molar-refractivity contribution < 1.29 is 17.2 Å². The average molecular weight is 287 g/mol. The van der Waals surface area contributed by atoms with E-state index in [0.29, 0.717) is 6.07 Å². The van der Waals surface area contributed by atoms with Crippen LogP contribution in [-0.2, 0) is 9.05 Å². The second kappa shape index (κ2) is 4.49. The van der Waals surface area contributed by atoms with Crippen LogP contribution >= 0.6 is 22.3 Å². The Morgan fingerprint density at radius 2 is 2.06 bits per heavy atom. The number of hydrogen-bond acceptors (Lipinski definition) is 4. The van der Waals surface area contributed by atoms with Crippen LogP contribution in [-0.4, -0.2) is 13.4 Å². The van der Waals surface area contributed by atoms with Gasteiger partial charge in [-0.3, -0.25) is 0 Å². The van der Waals surface area contributed by atoms with Gasteiger partial charge >= 0.3 is 0 Å². The topological polar surface area (TPSA) is 70.8 Å². The lowest BCUT2D eigenvalue weighted by molar-refractivity contribution is 0.145. The van der Waals surface area contributed by atoms with Gasteiger partial charge in [-0.1, -0.05) is 11.6 Å². The molecular weight excluding hydrogens is 285 g/mol. The smallest absolute Gasteiger partial charge is 0.232 e. The van der Waals surface area contributed by atoms with E-state index in [4.69, 9.17) is 27.5 Å². The van der Waals surface area contributed by atoms with Gasteiger partial charge in [-0.2, -0.15) is 5.26 Å². The Hall–Kier alpha value is -0.970. The van der Waals surface area contributed by atoms with Gasteiger partial charge in [0.25, 0.3) is 15.5 Å². The van der Waals surface area contributed by atoms with Gasteiger partial charge in [0.05, 0.1) is 5.56 Å². The van der Waals surface area contributed by atoms with E-state index in [1.54, 1.807) is 0 Å². The molecule has 16 heavy (non-hydrogen) atoms. The zero-order valence-electron chi connectivity index (χ0n) is 7.29. The molecule has 0 unspecified atom stereocenters. The van der Waals surface area contributed by atoms with Crippen LogP contribution in [0.4, 0.5) is 8.78 Å². The minimum atomic E-state index is -4.23. The van der Waals surface area contributed by atoms with Crippen molar-refractivity contribution in [3.63, 3.8) is 0 Å². The number of hydrogen-bond donors (Lipinski definition) is 0. The largest absolute Gasteiger partial charge is 0.281 e. The molecule has 9 heteroatoms. The maximum atomic E-state index is 12.4. The van der Waals surface area contributed by atoms with Gasteiger partial charge in [0.2, 0.25) is 0 Å². The molecule has 1 aromatic rings. The van der Waals surface area contributed by atoms with Crippen LogP contribution in [0.5, 0.6) is 0 Å². The third kappa shape index (κ3) is 2.58. The molecule has 0 spiro atoms. The van der Waals surface area contributed by atoms with Crippen LogP contribution in [0.2, 0.25) is 5.15 Å². The van der Waals surface area contributed by atoms with Gasteiger partial charge in [-0.25, -0.2) is 22.2 Å². The molecule has 0 N–H and O–H groups in total. The lowest BCUT2D eigenvalue weighted by Gasteiger charge is -2.05. The van der Waals surface area contributed by atoms with E-state index in [2.05, 4.69) is 4.98 Å². The van der Waals surface area contributed by atoms with Crippen LogP contribution in [0, 0.1) is 11.3 Å². The van der Waals surface area contributed by atoms with E-state index in [0.717, 1.165) is 0 Å². The Bertz CT molecular complexity index is 568. The molecular formula is C7H2Cl2F2N2O2S. The van der Waals surface area contributed by atoms with Crippen molar-refractivity contribution in [1.82, 2.24) is 4.98 Å². The van der Waals surface area contributed by atoms with E-state index in [9.17, 15) is 17.2 Å². The highest BCUT2D eigenvalue weighted by molar-refractivity contribution is 8.13. The highest BCUT2D eigenvalue weighted by Crippen LogP contribution is 2.29. The fraction of sp³-hybridized carbons (Fsp3) is 0.143. The molecule has 0 saturated carbocycles. The number of nitriles is 1. The van der Waals surface area contributed by atoms with E-state index >= 15 is 0 Å². The zero-order valence-corrected chi connectivity index (χ0v) is 9.61. The van der Waals surface area contributed by atoms with E-state index in [1.165, 1.54) is 6.07 Å². The summed E-state index contributed by atoms with van der Waals surface area (Å²) in [6.45, 7) is 0. The fourth-order valence-corrected chi connectivity index (χ4v) is 2.34. The molecule has 0 aliphatic rings. The lowest BCUT2D eigenvalue weighted by atomic mass is 10.2. The Kier molecular flexibility index (Phi) is 3.68. The van der Waals surface area contributed by atoms with E-state index < -0.39 is 36.8 Å². The number of nitrogens with zero attached hydrogens (tertiary/aromatic N) is 2. The van der Waals surface area contributed by atoms with Gasteiger partial charge in [0, 0.05) is 10.7 Å². The monoisotopic (exact) mass is 286 g/mol. The SMILES string of the molecule is N#Cc1cc(S(=O)(=O)Cl)c(Cl)nc1C(F)F. The third-order valence-corrected chi connectivity index (χ3v) is 3.30. The van der Waals surface area contributed by atoms with E-state index in [-0.39, 0.29) is 0 Å². The van der Waals surface area contributed by atoms with Crippen LogP contribution in [0.3, 0.4) is 0 Å². The van der Waals surface area contributed by atoms with Gasteiger partial charge in [-0.15, -0.1) is 0 Å². The summed E-state index contributed by atoms with van der Waals surface area (Å²) in [6.07, 6.45) is -3.03. The lowest BCUT2D eigenvalue weighted by Crippen LogP contribution is -2.01. The molecule has 1 heterocycles. The minimum Gasteiger partial charge on any atom is -0.232 e. The third-order valence-electron chi connectivity index (χ3n) is 1.56. The Morgan fingerprint density at radius 1 is 1.50 bits per heavy atom. The maximum Gasteiger partial charge on any atom is 0.281 e. The number of halogens is 4. The molecule has 1 aromatic heterocycles. The van der Waals surface area contributed by atoms with E-state index in [1.807, 2.05) is 0 Å². The first kappa shape index (κ1) is 13.1. The minimum absolute atomic E-state index is 0.585. The quantitative estimate of drug-likeness (QED) is 0.618. The van der Waals surface area contributed by atoms with Crippen molar-refractivity contribution >= 4 is 31.3 Å². The van der Waals surface area contributed by atoms with Crippen molar-refractivity contribution in [3.05, 3.63) is 22.5 Å². The first-order valence-corrected chi connectivity index (χ1v) is 6.29. The Balaban J connectivity index is 3.58. The highest BCUT2D eigenvalue weighted by Gasteiger charge is 2.23. The van der Waals surface area contributed by atoms with Crippen LogP contribution in [0.15, 0.2) is 11.0 Å². The standard InChI is InChI=1S/C7H2Cl2F2N2O2S/c8-6-4(16(9,14)15)1-3(2-12)5(13-6)7(10)11/h1,7H. The van der Waals surface area contributed by atoms with Crippen LogP contribution in [0.1, 0.15) is 17.7 Å². The number of alkyl halides is 2. The summed E-state index contributed by atoms with van der Waals surface area (Å²) in [4.78, 5) is 2.47. The summed E-state index contributed by atoms with van der Waals surface area (Å²) in [7, 11) is 0.749. The number of rotatable bonds is 2. The summed E-state index contributed by atoms with van der Waals surface area (Å²) >= 11 is 5.37. The molecule has 1 rings (SSSR count). The first-order chi connectivity index (χ1) is 7.27. The molecule has 0 aromatic carbocycles. The number of pyridine rings is 1. The summed E-state index contributed by atoms with van der Waals surface area (Å²) in [6, 6.07) is 2.06. The van der Waals surface area contributed by atoms with Gasteiger partial charge in [0.15, 0.2) is 0 Å². The number of aromatic nitrogens is 1. The molecule has 86 valence electrons. The molecule has 4 nitrogen and oxygen atoms in total. The van der Waals surface area contributed by atoms with Crippen molar-refractivity contribution in [2.75, 3.05) is 0 Å². The summed E-state index contributed by atoms with van der Waals surface area (Å²) in [5.74, 6) is 0. The predicted octanol–water partition coefficient (Wildman–Crippen LogP) is 2.47. The molecule has 0 aliphatic carbocycles. The summed E-state index contributed by atoms with van der Waals surface area (Å²) in [5, 5.41) is 7.85. The Labute approximate surface area is 98.8 Å². The van der Waals surface area contributed by atoms with Gasteiger partial charge < -0.3 is 0 Å². The van der Waals surface area contributed by atoms with Crippen molar-refractivity contribution in [3.8, 4) is 6.07 Å². The van der Waals surface area contributed by atoms with Crippen LogP contribution < -0.4 is 0 Å². The highest BCUT2D eigenvalue weighted by atomic mass is 35.7. The van der Waals surface area contributed by atoms with Crippen LogP contribution in [0.25, 0.3) is 0 Å². The first-order valence-electron chi connectivity index (χ1n) is 3.60. The molecule has 0 amide bonds. The molecule has 0 atom stereocenters. The van der Waals surface area contributed by atoms with Crippen molar-refractivity contribution in [2.24, 2.45) is 0 Å². The second-order valence-corrected chi connectivity index (χ2v) is 5.45. The summed E-state index contributed by atoms with van der Waals surface area (Å²) in [5.41, 5.74) is -1.46. The molecule has 0 radical (unpaired) electrons. The second-order valence-electron chi connectivity index (χ2n) is 2.56. The fourth-order valence-electron chi connectivity index (χ4n) is 0.913. The normalized spacial score (nSPS) is 11.5. The average Bonchev–Trinajstić information content (AvgIpc) is 2.15. The molecule has 0 saturated heterocycles. The molecule has 0 aliphatic heterocycles. The molecule has 0 fully saturated rings. The van der Waals surface area contributed by atoms with Crippen molar-refractivity contribution in [1.29, 1.82) is 5.26 Å². The van der Waals surface area contributed by atoms with Gasteiger partial charge in [0.1, 0.15) is 21.8 Å². The summed E-state index contributed by atoms with van der Waals surface area (Å²) < 4.78 is 46.6. The zero-order chi connectivity index (χ0) is 12.5. The van der Waals surface area contributed by atoms with Gasteiger partial charge in [-0.05, 0) is 6.07 Å².